The van der Waals surface area contributed by atoms with E-state index in [-0.39, 0.29) is 6.42 Å². The zero-order valence-electron chi connectivity index (χ0n) is 11.1. The summed E-state index contributed by atoms with van der Waals surface area (Å²) in [5.74, 6) is -0.452. The van der Waals surface area contributed by atoms with Gasteiger partial charge < -0.3 is 5.32 Å². The fourth-order valence-electron chi connectivity index (χ4n) is 2.00. The molecule has 0 saturated carbocycles. The van der Waals surface area contributed by atoms with E-state index in [9.17, 15) is 8.78 Å². The number of pyridine rings is 1. The maximum atomic E-state index is 13.2. The van der Waals surface area contributed by atoms with Gasteiger partial charge in [-0.1, -0.05) is 0 Å². The minimum absolute atomic E-state index is 0.0625. The van der Waals surface area contributed by atoms with Crippen molar-refractivity contribution in [3.8, 4) is 11.4 Å². The number of hydrogen-bond acceptors (Lipinski definition) is 4. The molecule has 0 radical (unpaired) electrons. The predicted molar refractivity (Wildman–Crippen MR) is 75.4 cm³/mol. The molecule has 0 atom stereocenters. The first kappa shape index (κ1) is 13.4. The highest BCUT2D eigenvalue weighted by molar-refractivity contribution is 5.56. The molecular weight excluding hydrogens is 274 g/mol. The van der Waals surface area contributed by atoms with Crippen LogP contribution in [0.2, 0.25) is 0 Å². The van der Waals surface area contributed by atoms with Crippen LogP contribution in [-0.2, 0) is 0 Å². The van der Waals surface area contributed by atoms with E-state index in [0.717, 1.165) is 11.6 Å². The molecule has 0 bridgehead atoms. The van der Waals surface area contributed by atoms with E-state index >= 15 is 0 Å². The summed E-state index contributed by atoms with van der Waals surface area (Å²) in [7, 11) is 0. The first-order valence-electron chi connectivity index (χ1n) is 6.47. The molecular formula is C15H12F2N4. The second-order valence-corrected chi connectivity index (χ2v) is 4.55. The molecule has 4 nitrogen and oxygen atoms in total. The van der Waals surface area contributed by atoms with Crippen LogP contribution < -0.4 is 5.32 Å². The first-order valence-corrected chi connectivity index (χ1v) is 6.47. The molecule has 6 heteroatoms. The summed E-state index contributed by atoms with van der Waals surface area (Å²) in [5.41, 5.74) is 1.43. The van der Waals surface area contributed by atoms with Gasteiger partial charge in [-0.3, -0.25) is 4.98 Å². The number of nitrogens with zero attached hydrogens (tertiary/aromatic N) is 3. The Morgan fingerprint density at radius 1 is 1.00 bits per heavy atom. The zero-order valence-corrected chi connectivity index (χ0v) is 11.1. The number of allylic oxidation sites excluding steroid dienone is 4. The third-order valence-corrected chi connectivity index (χ3v) is 3.06. The van der Waals surface area contributed by atoms with Gasteiger partial charge in [0.15, 0.2) is 11.7 Å². The van der Waals surface area contributed by atoms with Crippen LogP contribution in [0.5, 0.6) is 0 Å². The second kappa shape index (κ2) is 5.78. The van der Waals surface area contributed by atoms with E-state index in [1.165, 1.54) is 0 Å². The van der Waals surface area contributed by atoms with Crippen molar-refractivity contribution in [1.29, 1.82) is 0 Å². The molecule has 1 aliphatic rings. The summed E-state index contributed by atoms with van der Waals surface area (Å²) >= 11 is 0. The maximum Gasteiger partial charge on any atom is 0.161 e. The van der Waals surface area contributed by atoms with Crippen molar-refractivity contribution >= 4 is 5.82 Å². The number of rotatable bonds is 3. The molecule has 0 amide bonds. The van der Waals surface area contributed by atoms with Gasteiger partial charge in [-0.15, -0.1) is 0 Å². The highest BCUT2D eigenvalue weighted by Gasteiger charge is 2.13. The molecule has 1 aliphatic carbocycles. The van der Waals surface area contributed by atoms with Gasteiger partial charge >= 0.3 is 0 Å². The van der Waals surface area contributed by atoms with Gasteiger partial charge in [-0.05, 0) is 30.7 Å². The van der Waals surface area contributed by atoms with Crippen LogP contribution in [0.4, 0.5) is 14.6 Å². The number of hydrogen-bond donors (Lipinski definition) is 1. The third-order valence-electron chi connectivity index (χ3n) is 3.06. The Balaban J connectivity index is 1.83. The van der Waals surface area contributed by atoms with Crippen LogP contribution in [0.25, 0.3) is 11.4 Å². The number of aromatic nitrogens is 3. The van der Waals surface area contributed by atoms with Crippen molar-refractivity contribution in [2.24, 2.45) is 0 Å². The summed E-state index contributed by atoms with van der Waals surface area (Å²) in [5, 5.41) is 3.00. The van der Waals surface area contributed by atoms with Gasteiger partial charge in [0.25, 0.3) is 0 Å². The normalized spacial score (nSPS) is 14.9. The smallest absolute Gasteiger partial charge is 0.161 e. The Morgan fingerprint density at radius 2 is 1.81 bits per heavy atom. The van der Waals surface area contributed by atoms with E-state index in [2.05, 4.69) is 20.3 Å². The van der Waals surface area contributed by atoms with Crippen molar-refractivity contribution in [3.63, 3.8) is 0 Å². The minimum Gasteiger partial charge on any atom is -0.344 e. The van der Waals surface area contributed by atoms with Gasteiger partial charge in [0.05, 0.1) is 0 Å². The van der Waals surface area contributed by atoms with E-state index < -0.39 is 11.7 Å². The molecule has 0 saturated heterocycles. The summed E-state index contributed by atoms with van der Waals surface area (Å²) in [6.45, 7) is 0. The summed E-state index contributed by atoms with van der Waals surface area (Å²) in [6.07, 6.45) is 6.56. The summed E-state index contributed by atoms with van der Waals surface area (Å²) in [4.78, 5) is 12.5. The number of nitrogens with one attached hydrogen (secondary N) is 1. The Kier molecular flexibility index (Phi) is 3.68. The van der Waals surface area contributed by atoms with Crippen molar-refractivity contribution in [2.75, 3.05) is 5.32 Å². The Hall–Kier alpha value is -2.63. The summed E-state index contributed by atoms with van der Waals surface area (Å²) < 4.78 is 26.2. The van der Waals surface area contributed by atoms with E-state index in [1.54, 1.807) is 36.8 Å². The topological polar surface area (TPSA) is 50.7 Å². The molecule has 0 fully saturated rings. The SMILES string of the molecule is FC1=C(F)CCC(Nc2ccnc(-c3ccncc3)n2)=C1. The average Bonchev–Trinajstić information content (AvgIpc) is 2.52. The monoisotopic (exact) mass is 286 g/mol. The quantitative estimate of drug-likeness (QED) is 0.933. The molecule has 1 N–H and O–H groups in total. The Bertz CT molecular complexity index is 711. The lowest BCUT2D eigenvalue weighted by Gasteiger charge is -2.14. The lowest BCUT2D eigenvalue weighted by Crippen LogP contribution is -2.06. The van der Waals surface area contributed by atoms with Crippen molar-refractivity contribution in [1.82, 2.24) is 15.0 Å². The summed E-state index contributed by atoms with van der Waals surface area (Å²) in [6, 6.07) is 5.28. The standard InChI is InChI=1S/C15H12F2N4/c16-12-2-1-11(9-13(12)17)20-14-5-8-19-15(21-14)10-3-6-18-7-4-10/h3-9H,1-2H2,(H,19,20,21). The number of anilines is 1. The van der Waals surface area contributed by atoms with E-state index in [0.29, 0.717) is 23.8 Å². The molecule has 2 heterocycles. The van der Waals surface area contributed by atoms with Crippen molar-refractivity contribution in [3.05, 3.63) is 60.2 Å². The highest BCUT2D eigenvalue weighted by Crippen LogP contribution is 2.26. The third kappa shape index (κ3) is 3.10. The molecule has 0 aliphatic heterocycles. The highest BCUT2D eigenvalue weighted by atomic mass is 19.2. The van der Waals surface area contributed by atoms with E-state index in [4.69, 9.17) is 0 Å². The molecule has 0 aromatic carbocycles. The fourth-order valence-corrected chi connectivity index (χ4v) is 2.00. The minimum atomic E-state index is -0.827. The average molecular weight is 286 g/mol. The molecule has 0 spiro atoms. The van der Waals surface area contributed by atoms with Crippen LogP contribution in [0.3, 0.4) is 0 Å². The predicted octanol–water partition coefficient (Wildman–Crippen LogP) is 3.78. The van der Waals surface area contributed by atoms with Crippen LogP contribution in [0, 0.1) is 0 Å². The lowest BCUT2D eigenvalue weighted by atomic mass is 10.1. The van der Waals surface area contributed by atoms with Gasteiger partial charge in [0, 0.05) is 36.3 Å². The van der Waals surface area contributed by atoms with Crippen LogP contribution in [0.1, 0.15) is 12.8 Å². The van der Waals surface area contributed by atoms with Crippen LogP contribution in [-0.4, -0.2) is 15.0 Å². The Labute approximate surface area is 120 Å². The zero-order chi connectivity index (χ0) is 14.7. The largest absolute Gasteiger partial charge is 0.344 e. The lowest BCUT2D eigenvalue weighted by molar-refractivity contribution is 0.511. The molecule has 2 aromatic rings. The van der Waals surface area contributed by atoms with Crippen molar-refractivity contribution < 1.29 is 8.78 Å². The van der Waals surface area contributed by atoms with Gasteiger partial charge in [-0.2, -0.15) is 0 Å². The Morgan fingerprint density at radius 3 is 2.57 bits per heavy atom. The van der Waals surface area contributed by atoms with Crippen LogP contribution >= 0.6 is 0 Å². The van der Waals surface area contributed by atoms with Gasteiger partial charge in [-0.25, -0.2) is 18.7 Å². The molecule has 2 aromatic heterocycles. The van der Waals surface area contributed by atoms with Crippen LogP contribution in [0.15, 0.2) is 60.2 Å². The van der Waals surface area contributed by atoms with Crippen molar-refractivity contribution in [2.45, 2.75) is 12.8 Å². The molecule has 3 rings (SSSR count). The van der Waals surface area contributed by atoms with E-state index in [1.807, 2.05) is 0 Å². The van der Waals surface area contributed by atoms with Gasteiger partial charge in [0.2, 0.25) is 0 Å². The first-order chi connectivity index (χ1) is 10.2. The molecule has 21 heavy (non-hydrogen) atoms. The van der Waals surface area contributed by atoms with Gasteiger partial charge in [0.1, 0.15) is 11.6 Å². The molecule has 0 unspecified atom stereocenters. The second-order valence-electron chi connectivity index (χ2n) is 4.55. The number of halogens is 2. The fraction of sp³-hybridized carbons (Fsp3) is 0.133. The molecule has 106 valence electrons. The maximum absolute atomic E-state index is 13.2.